The van der Waals surface area contributed by atoms with Crippen LogP contribution in [0.3, 0.4) is 0 Å². The number of carbonyl (C=O) groups excluding carboxylic acids is 1. The van der Waals surface area contributed by atoms with E-state index in [1.807, 2.05) is 7.05 Å². The van der Waals surface area contributed by atoms with Gasteiger partial charge >= 0.3 is 6.18 Å². The Morgan fingerprint density at radius 1 is 1.23 bits per heavy atom. The predicted octanol–water partition coefficient (Wildman–Crippen LogP) is 3.24. The summed E-state index contributed by atoms with van der Waals surface area (Å²) in [7, 11) is 2.03. The lowest BCUT2D eigenvalue weighted by Crippen LogP contribution is -2.49. The highest BCUT2D eigenvalue weighted by atomic mass is 19.4. The number of nitriles is 1. The van der Waals surface area contributed by atoms with Gasteiger partial charge in [-0.3, -0.25) is 4.79 Å². The number of piperazine rings is 1. The fourth-order valence-corrected chi connectivity index (χ4v) is 5.81. The highest BCUT2D eigenvalue weighted by Gasteiger charge is 2.38. The summed E-state index contributed by atoms with van der Waals surface area (Å²) >= 11 is 0. The number of carbonyl (C=O) groups is 1. The SMILES string of the molecule is C=CC(=O)N1CCN(c2c(C#N)c(OC[C@@H]3CCCN3C)nc3c2CCN(c2cccnc2C(F)(F)F)C3)CC1. The van der Waals surface area contributed by atoms with Gasteiger partial charge in [-0.05, 0) is 51.1 Å². The first-order valence-corrected chi connectivity index (χ1v) is 13.4. The van der Waals surface area contributed by atoms with Gasteiger partial charge in [-0.2, -0.15) is 18.4 Å². The molecule has 2 fully saturated rings. The van der Waals surface area contributed by atoms with Crippen molar-refractivity contribution in [3.63, 3.8) is 0 Å². The number of halogens is 3. The Kier molecular flexibility index (Phi) is 7.85. The monoisotopic (exact) mass is 555 g/mol. The Bertz CT molecular complexity index is 1320. The molecular weight excluding hydrogens is 523 g/mol. The Morgan fingerprint density at radius 3 is 2.65 bits per heavy atom. The lowest BCUT2D eigenvalue weighted by Gasteiger charge is -2.39. The van der Waals surface area contributed by atoms with Crippen LogP contribution in [0.15, 0.2) is 31.0 Å². The quantitative estimate of drug-likeness (QED) is 0.502. The second-order valence-corrected chi connectivity index (χ2v) is 10.3. The lowest BCUT2D eigenvalue weighted by molar-refractivity contribution is -0.140. The van der Waals surface area contributed by atoms with Crippen LogP contribution in [0, 0.1) is 11.3 Å². The molecule has 212 valence electrons. The number of aromatic nitrogens is 2. The molecule has 2 aromatic rings. The largest absolute Gasteiger partial charge is 0.475 e. The molecule has 0 spiro atoms. The van der Waals surface area contributed by atoms with Crippen LogP contribution in [-0.4, -0.2) is 84.6 Å². The third-order valence-electron chi connectivity index (χ3n) is 7.97. The van der Waals surface area contributed by atoms with Crippen LogP contribution < -0.4 is 14.5 Å². The molecule has 0 radical (unpaired) electrons. The molecule has 0 aliphatic carbocycles. The van der Waals surface area contributed by atoms with E-state index in [4.69, 9.17) is 9.72 Å². The van der Waals surface area contributed by atoms with Crippen LogP contribution >= 0.6 is 0 Å². The molecule has 0 N–H and O–H groups in total. The first kappa shape index (κ1) is 27.7. The number of fused-ring (bicyclic) bond motifs is 1. The van der Waals surface area contributed by atoms with Gasteiger partial charge in [0.2, 0.25) is 11.8 Å². The van der Waals surface area contributed by atoms with E-state index in [9.17, 15) is 23.2 Å². The zero-order valence-corrected chi connectivity index (χ0v) is 22.5. The molecule has 3 aliphatic rings. The van der Waals surface area contributed by atoms with Gasteiger partial charge in [-0.1, -0.05) is 6.58 Å². The third kappa shape index (κ3) is 5.43. The molecule has 0 unspecified atom stereocenters. The molecule has 9 nitrogen and oxygen atoms in total. The standard InChI is InChI=1S/C28H32F3N7O2/c1-3-24(39)36-12-14-37(15-13-36)25-20-8-11-38(23-7-4-9-33-26(23)28(29,30)31)17-22(20)34-27(21(25)16-32)40-18-19-6-5-10-35(19)2/h3-4,7,9,19H,1,5-6,8,10-15,17-18H2,2H3/t19-/m0/s1. The normalized spacial score (nSPS) is 19.8. The Morgan fingerprint density at radius 2 is 2.00 bits per heavy atom. The molecule has 1 amide bonds. The molecule has 0 aromatic carbocycles. The highest BCUT2D eigenvalue weighted by Crippen LogP contribution is 2.40. The van der Waals surface area contributed by atoms with E-state index < -0.39 is 11.9 Å². The highest BCUT2D eigenvalue weighted by molar-refractivity contribution is 5.87. The van der Waals surface area contributed by atoms with Gasteiger partial charge in [-0.25, -0.2) is 9.97 Å². The van der Waals surface area contributed by atoms with Crippen molar-refractivity contribution in [3.8, 4) is 11.9 Å². The van der Waals surface area contributed by atoms with E-state index in [0.717, 1.165) is 31.1 Å². The van der Waals surface area contributed by atoms with Crippen molar-refractivity contribution in [1.82, 2.24) is 19.8 Å². The minimum absolute atomic E-state index is 0.0000368. The van der Waals surface area contributed by atoms with Crippen molar-refractivity contribution in [2.45, 2.75) is 38.0 Å². The number of likely N-dealkylation sites (tertiary alicyclic amines) is 1. The van der Waals surface area contributed by atoms with Crippen molar-refractivity contribution in [1.29, 1.82) is 5.26 Å². The topological polar surface area (TPSA) is 88.8 Å². The summed E-state index contributed by atoms with van der Waals surface area (Å²) in [6.07, 6.45) is 0.278. The summed E-state index contributed by atoms with van der Waals surface area (Å²) in [5.74, 6) is 0.0550. The van der Waals surface area contributed by atoms with Gasteiger partial charge < -0.3 is 24.3 Å². The maximum absolute atomic E-state index is 13.8. The average Bonchev–Trinajstić information content (AvgIpc) is 3.38. The number of amides is 1. The lowest BCUT2D eigenvalue weighted by atomic mass is 9.97. The van der Waals surface area contributed by atoms with Gasteiger partial charge in [0.25, 0.3) is 0 Å². The zero-order chi connectivity index (χ0) is 28.4. The van der Waals surface area contributed by atoms with E-state index in [1.165, 1.54) is 18.2 Å². The summed E-state index contributed by atoms with van der Waals surface area (Å²) in [6.45, 7) is 7.26. The summed E-state index contributed by atoms with van der Waals surface area (Å²) in [6, 6.07) is 5.42. The van der Waals surface area contributed by atoms with Crippen LogP contribution in [0.2, 0.25) is 0 Å². The minimum Gasteiger partial charge on any atom is -0.475 e. The summed E-state index contributed by atoms with van der Waals surface area (Å²) in [5.41, 5.74) is 1.51. The molecule has 5 heterocycles. The fourth-order valence-electron chi connectivity index (χ4n) is 5.81. The van der Waals surface area contributed by atoms with Crippen LogP contribution in [0.25, 0.3) is 0 Å². The van der Waals surface area contributed by atoms with Crippen molar-refractivity contribution in [2.24, 2.45) is 0 Å². The molecule has 12 heteroatoms. The average molecular weight is 556 g/mol. The van der Waals surface area contributed by atoms with E-state index in [-0.39, 0.29) is 30.1 Å². The van der Waals surface area contributed by atoms with Crippen LogP contribution in [0.4, 0.5) is 24.5 Å². The molecule has 3 aliphatic heterocycles. The molecule has 2 saturated heterocycles. The van der Waals surface area contributed by atoms with E-state index in [0.29, 0.717) is 62.7 Å². The number of hydrogen-bond acceptors (Lipinski definition) is 8. The smallest absolute Gasteiger partial charge is 0.435 e. The number of anilines is 2. The molecule has 1 atom stereocenters. The molecule has 2 aromatic heterocycles. The van der Waals surface area contributed by atoms with Crippen LogP contribution in [-0.2, 0) is 23.9 Å². The second kappa shape index (κ2) is 11.3. The minimum atomic E-state index is -4.59. The molecule has 0 bridgehead atoms. The number of nitrogens with zero attached hydrogens (tertiary/aromatic N) is 7. The molecule has 40 heavy (non-hydrogen) atoms. The predicted molar refractivity (Wildman–Crippen MR) is 143 cm³/mol. The van der Waals surface area contributed by atoms with E-state index in [2.05, 4.69) is 27.4 Å². The zero-order valence-electron chi connectivity index (χ0n) is 22.5. The Hall–Kier alpha value is -3.85. The van der Waals surface area contributed by atoms with Crippen molar-refractivity contribution in [3.05, 3.63) is 53.5 Å². The number of likely N-dealkylation sites (N-methyl/N-ethyl adjacent to an activating group) is 1. The second-order valence-electron chi connectivity index (χ2n) is 10.3. The number of hydrogen-bond donors (Lipinski definition) is 0. The molecule has 5 rings (SSSR count). The van der Waals surface area contributed by atoms with Crippen molar-refractivity contribution < 1.29 is 22.7 Å². The first-order valence-electron chi connectivity index (χ1n) is 13.4. The fraction of sp³-hybridized carbons (Fsp3) is 0.500. The van der Waals surface area contributed by atoms with E-state index >= 15 is 0 Å². The third-order valence-corrected chi connectivity index (χ3v) is 7.97. The molecule has 0 saturated carbocycles. The summed E-state index contributed by atoms with van der Waals surface area (Å²) < 4.78 is 47.5. The van der Waals surface area contributed by atoms with Gasteiger partial charge in [0.15, 0.2) is 5.69 Å². The van der Waals surface area contributed by atoms with Crippen molar-refractivity contribution in [2.75, 3.05) is 62.7 Å². The van der Waals surface area contributed by atoms with Crippen molar-refractivity contribution >= 4 is 17.3 Å². The van der Waals surface area contributed by atoms with E-state index in [1.54, 1.807) is 9.80 Å². The number of rotatable bonds is 6. The number of pyridine rings is 2. The van der Waals surface area contributed by atoms with Crippen LogP contribution in [0.1, 0.15) is 35.4 Å². The maximum Gasteiger partial charge on any atom is 0.435 e. The summed E-state index contributed by atoms with van der Waals surface area (Å²) in [5, 5.41) is 10.3. The summed E-state index contributed by atoms with van der Waals surface area (Å²) in [4.78, 5) is 28.1. The van der Waals surface area contributed by atoms with Gasteiger partial charge in [0, 0.05) is 50.5 Å². The number of ether oxygens (including phenoxy) is 1. The van der Waals surface area contributed by atoms with Gasteiger partial charge in [0.1, 0.15) is 18.2 Å². The Labute approximate surface area is 231 Å². The maximum atomic E-state index is 13.8. The Balaban J connectivity index is 1.51. The number of alkyl halides is 3. The van der Waals surface area contributed by atoms with Gasteiger partial charge in [-0.15, -0.1) is 0 Å². The van der Waals surface area contributed by atoms with Gasteiger partial charge in [0.05, 0.1) is 23.6 Å². The molecular formula is C28H32F3N7O2. The first-order chi connectivity index (χ1) is 19.2. The van der Waals surface area contributed by atoms with Crippen LogP contribution in [0.5, 0.6) is 5.88 Å².